The van der Waals surface area contributed by atoms with E-state index in [1.807, 2.05) is 0 Å². The average Bonchev–Trinajstić information content (AvgIpc) is 2.62. The molecule has 0 unspecified atom stereocenters. The molecule has 0 aromatic carbocycles. The van der Waals surface area contributed by atoms with Gasteiger partial charge in [0.05, 0.1) is 6.04 Å². The van der Waals surface area contributed by atoms with Gasteiger partial charge in [-0.3, -0.25) is 4.99 Å². The molecule has 1 heterocycles. The molecule has 1 saturated carbocycles. The van der Waals surface area contributed by atoms with Crippen LogP contribution in [0.1, 0.15) is 44.3 Å². The van der Waals surface area contributed by atoms with Gasteiger partial charge in [0.25, 0.3) is 0 Å². The molecule has 1 aliphatic carbocycles. The van der Waals surface area contributed by atoms with E-state index in [1.165, 1.54) is 25.7 Å². The lowest BCUT2D eigenvalue weighted by atomic mass is 10.1. The third-order valence-electron chi connectivity index (χ3n) is 3.08. The number of rotatable bonds is 2. The normalized spacial score (nSPS) is 19.1. The van der Waals surface area contributed by atoms with Crippen molar-refractivity contribution in [3.05, 3.63) is 23.1 Å². The molecule has 0 bridgehead atoms. The number of nitrogens with zero attached hydrogens (tertiary/aromatic N) is 1. The molecule has 0 spiro atoms. The quantitative estimate of drug-likeness (QED) is 0.281. The molecule has 3 N–H and O–H groups in total. The van der Waals surface area contributed by atoms with Gasteiger partial charge in [-0.2, -0.15) is 0 Å². The van der Waals surface area contributed by atoms with Crippen LogP contribution in [-0.4, -0.2) is 11.9 Å². The van der Waals surface area contributed by atoms with Crippen LogP contribution in [0.2, 0.25) is 5.22 Å². The summed E-state index contributed by atoms with van der Waals surface area (Å²) in [5.41, 5.74) is 2.60. The van der Waals surface area contributed by atoms with Crippen molar-refractivity contribution in [2.75, 3.05) is 0 Å². The second-order valence-corrected chi connectivity index (χ2v) is 4.74. The summed E-state index contributed by atoms with van der Waals surface area (Å²) >= 11 is 5.74. The summed E-state index contributed by atoms with van der Waals surface area (Å²) < 4.78 is 5.30. The van der Waals surface area contributed by atoms with Gasteiger partial charge >= 0.3 is 0 Å². The second kappa shape index (κ2) is 6.07. The first-order valence-electron chi connectivity index (χ1n) is 6.09. The SMILES string of the molecule is NNC(=NC1CCCCCC1)c1ccc(Cl)o1. The maximum atomic E-state index is 5.74. The minimum absolute atomic E-state index is 0.340. The molecule has 1 fully saturated rings. The lowest BCUT2D eigenvalue weighted by molar-refractivity contribution is 0.546. The molecule has 5 heteroatoms. The zero-order valence-electron chi connectivity index (χ0n) is 9.79. The second-order valence-electron chi connectivity index (χ2n) is 4.37. The first-order valence-corrected chi connectivity index (χ1v) is 6.47. The van der Waals surface area contributed by atoms with Crippen LogP contribution < -0.4 is 11.3 Å². The smallest absolute Gasteiger partial charge is 0.194 e. The maximum absolute atomic E-state index is 5.74. The molecule has 1 aromatic heterocycles. The average molecular weight is 256 g/mol. The molecule has 17 heavy (non-hydrogen) atoms. The van der Waals surface area contributed by atoms with Crippen molar-refractivity contribution in [2.45, 2.75) is 44.6 Å². The number of amidine groups is 1. The van der Waals surface area contributed by atoms with Crippen LogP contribution in [0.25, 0.3) is 0 Å². The molecule has 0 radical (unpaired) electrons. The number of nitrogens with one attached hydrogen (secondary N) is 1. The number of aliphatic imine (C=N–C) groups is 1. The highest BCUT2D eigenvalue weighted by Gasteiger charge is 2.14. The number of nitrogens with two attached hydrogens (primary N) is 1. The van der Waals surface area contributed by atoms with Gasteiger partial charge in [-0.25, -0.2) is 5.84 Å². The number of halogens is 1. The van der Waals surface area contributed by atoms with E-state index in [9.17, 15) is 0 Å². The molecular weight excluding hydrogens is 238 g/mol. The highest BCUT2D eigenvalue weighted by atomic mass is 35.5. The standard InChI is InChI=1S/C12H18ClN3O/c13-11-8-7-10(17-11)12(16-14)15-9-5-3-1-2-4-6-9/h7-9H,1-6,14H2,(H,15,16). The third kappa shape index (κ3) is 3.48. The Balaban J connectivity index is 2.10. The van der Waals surface area contributed by atoms with Gasteiger partial charge < -0.3 is 9.84 Å². The Kier molecular flexibility index (Phi) is 4.45. The third-order valence-corrected chi connectivity index (χ3v) is 3.28. The minimum Gasteiger partial charge on any atom is -0.441 e. The van der Waals surface area contributed by atoms with E-state index in [2.05, 4.69) is 10.4 Å². The van der Waals surface area contributed by atoms with Crippen LogP contribution in [0, 0.1) is 0 Å². The first-order chi connectivity index (χ1) is 8.29. The van der Waals surface area contributed by atoms with Gasteiger partial charge in [0.1, 0.15) is 0 Å². The predicted octanol–water partition coefficient (Wildman–Crippen LogP) is 2.87. The number of furan rings is 1. The fourth-order valence-electron chi connectivity index (χ4n) is 2.18. The maximum Gasteiger partial charge on any atom is 0.194 e. The predicted molar refractivity (Wildman–Crippen MR) is 69.1 cm³/mol. The molecule has 1 aromatic rings. The van der Waals surface area contributed by atoms with Crippen LogP contribution in [0.5, 0.6) is 0 Å². The Hall–Kier alpha value is -1.00. The van der Waals surface area contributed by atoms with Crippen LogP contribution >= 0.6 is 11.6 Å². The van der Waals surface area contributed by atoms with Crippen LogP contribution in [0.15, 0.2) is 21.5 Å². The lowest BCUT2D eigenvalue weighted by Gasteiger charge is -2.10. The summed E-state index contributed by atoms with van der Waals surface area (Å²) in [5.74, 6) is 6.67. The largest absolute Gasteiger partial charge is 0.441 e. The molecule has 1 aliphatic rings. The molecule has 2 rings (SSSR count). The Morgan fingerprint density at radius 1 is 1.29 bits per heavy atom. The Morgan fingerprint density at radius 2 is 2.00 bits per heavy atom. The zero-order chi connectivity index (χ0) is 12.1. The molecule has 0 saturated heterocycles. The van der Waals surface area contributed by atoms with Crippen LogP contribution in [0.4, 0.5) is 0 Å². The van der Waals surface area contributed by atoms with E-state index in [4.69, 9.17) is 21.9 Å². The van der Waals surface area contributed by atoms with Crippen molar-refractivity contribution >= 4 is 17.4 Å². The number of hydrogen-bond acceptors (Lipinski definition) is 3. The minimum atomic E-state index is 0.340. The first kappa shape index (κ1) is 12.5. The number of hydrogen-bond donors (Lipinski definition) is 2. The number of hydrazine groups is 1. The van der Waals surface area contributed by atoms with E-state index in [0.29, 0.717) is 22.9 Å². The highest BCUT2D eigenvalue weighted by Crippen LogP contribution is 2.21. The molecule has 0 atom stereocenters. The van der Waals surface area contributed by atoms with Gasteiger partial charge in [0.15, 0.2) is 16.8 Å². The van der Waals surface area contributed by atoms with Gasteiger partial charge in [0.2, 0.25) is 0 Å². The lowest BCUT2D eigenvalue weighted by Crippen LogP contribution is -2.32. The summed E-state index contributed by atoms with van der Waals surface area (Å²) in [6.45, 7) is 0. The van der Waals surface area contributed by atoms with E-state index < -0.39 is 0 Å². The summed E-state index contributed by atoms with van der Waals surface area (Å²) in [4.78, 5) is 4.63. The van der Waals surface area contributed by atoms with Crippen molar-refractivity contribution < 1.29 is 4.42 Å². The summed E-state index contributed by atoms with van der Waals surface area (Å²) in [7, 11) is 0. The van der Waals surface area contributed by atoms with Gasteiger partial charge in [-0.1, -0.05) is 25.7 Å². The van der Waals surface area contributed by atoms with E-state index in [-0.39, 0.29) is 0 Å². The van der Waals surface area contributed by atoms with E-state index >= 15 is 0 Å². The van der Waals surface area contributed by atoms with E-state index in [0.717, 1.165) is 12.8 Å². The molecule has 0 aliphatic heterocycles. The van der Waals surface area contributed by atoms with Crippen molar-refractivity contribution in [2.24, 2.45) is 10.8 Å². The highest BCUT2D eigenvalue weighted by molar-refractivity contribution is 6.29. The summed E-state index contributed by atoms with van der Waals surface area (Å²) in [5, 5.41) is 0.351. The molecule has 94 valence electrons. The van der Waals surface area contributed by atoms with Crippen LogP contribution in [0.3, 0.4) is 0 Å². The molecule has 4 nitrogen and oxygen atoms in total. The Bertz CT molecular complexity index is 381. The Labute approximate surface area is 106 Å². The zero-order valence-corrected chi connectivity index (χ0v) is 10.5. The molecular formula is C12H18ClN3O. The van der Waals surface area contributed by atoms with Gasteiger partial charge in [0, 0.05) is 0 Å². The summed E-state index contributed by atoms with van der Waals surface area (Å²) in [6, 6.07) is 3.81. The van der Waals surface area contributed by atoms with Gasteiger partial charge in [-0.15, -0.1) is 0 Å². The summed E-state index contributed by atoms with van der Waals surface area (Å²) in [6.07, 6.45) is 7.35. The Morgan fingerprint density at radius 3 is 2.53 bits per heavy atom. The van der Waals surface area contributed by atoms with Gasteiger partial charge in [-0.05, 0) is 36.6 Å². The van der Waals surface area contributed by atoms with Crippen molar-refractivity contribution in [1.29, 1.82) is 0 Å². The molecule has 0 amide bonds. The van der Waals surface area contributed by atoms with Crippen molar-refractivity contribution in [1.82, 2.24) is 5.43 Å². The van der Waals surface area contributed by atoms with Crippen LogP contribution in [-0.2, 0) is 0 Å². The monoisotopic (exact) mass is 255 g/mol. The topological polar surface area (TPSA) is 63.5 Å². The fourth-order valence-corrected chi connectivity index (χ4v) is 2.33. The van der Waals surface area contributed by atoms with Crippen molar-refractivity contribution in [3.8, 4) is 0 Å². The van der Waals surface area contributed by atoms with E-state index in [1.54, 1.807) is 12.1 Å². The fraction of sp³-hybridized carbons (Fsp3) is 0.583. The van der Waals surface area contributed by atoms with Crippen molar-refractivity contribution in [3.63, 3.8) is 0 Å².